The summed E-state index contributed by atoms with van der Waals surface area (Å²) in [6.45, 7) is 2.21. The molecule has 0 saturated heterocycles. The van der Waals surface area contributed by atoms with Crippen LogP contribution in [-0.4, -0.2) is 46.6 Å². The van der Waals surface area contributed by atoms with Gasteiger partial charge in [-0.15, -0.1) is 0 Å². The Hall–Kier alpha value is -1.59. The van der Waals surface area contributed by atoms with Gasteiger partial charge in [-0.05, 0) is 48.9 Å². The van der Waals surface area contributed by atoms with Crippen LogP contribution in [0.3, 0.4) is 0 Å². The Morgan fingerprint density at radius 3 is 2.42 bits per heavy atom. The maximum atomic E-state index is 12.5. The van der Waals surface area contributed by atoms with Crippen LogP contribution < -0.4 is 4.74 Å². The van der Waals surface area contributed by atoms with E-state index in [2.05, 4.69) is 6.07 Å². The lowest BCUT2D eigenvalue weighted by molar-refractivity contribution is 0.0466. The van der Waals surface area contributed by atoms with Crippen molar-refractivity contribution in [1.29, 1.82) is 0 Å². The van der Waals surface area contributed by atoms with Crippen molar-refractivity contribution in [3.63, 3.8) is 0 Å². The van der Waals surface area contributed by atoms with Gasteiger partial charge in [-0.2, -0.15) is 0 Å². The molecule has 0 radical (unpaired) electrons. The van der Waals surface area contributed by atoms with E-state index in [1.807, 2.05) is 6.07 Å². The van der Waals surface area contributed by atoms with Gasteiger partial charge in [0.15, 0.2) is 0 Å². The maximum Gasteiger partial charge on any atom is 0.338 e. The first-order valence-electron chi connectivity index (χ1n) is 8.70. The van der Waals surface area contributed by atoms with Crippen molar-refractivity contribution >= 4 is 5.97 Å². The minimum absolute atomic E-state index is 0.258. The largest absolute Gasteiger partial charge is 0.493 e. The monoisotopic (exact) mass is 336 g/mol. The van der Waals surface area contributed by atoms with E-state index >= 15 is 0 Å². The number of ether oxygens (including phenoxy) is 4. The van der Waals surface area contributed by atoms with Gasteiger partial charge in [-0.1, -0.05) is 0 Å². The van der Waals surface area contributed by atoms with E-state index in [0.29, 0.717) is 38.4 Å². The summed E-state index contributed by atoms with van der Waals surface area (Å²) >= 11 is 0. The summed E-state index contributed by atoms with van der Waals surface area (Å²) in [5, 5.41) is 0. The quantitative estimate of drug-likeness (QED) is 0.485. The Balaban J connectivity index is 2.07. The number of esters is 1. The predicted molar refractivity (Wildman–Crippen MR) is 91.8 cm³/mol. The van der Waals surface area contributed by atoms with Crippen molar-refractivity contribution in [3.8, 4) is 5.75 Å². The highest BCUT2D eigenvalue weighted by atomic mass is 16.5. The Bertz CT molecular complexity index is 527. The van der Waals surface area contributed by atoms with E-state index in [9.17, 15) is 4.79 Å². The first-order valence-corrected chi connectivity index (χ1v) is 8.70. The lowest BCUT2D eigenvalue weighted by Crippen LogP contribution is -2.15. The van der Waals surface area contributed by atoms with Gasteiger partial charge < -0.3 is 18.9 Å². The summed E-state index contributed by atoms with van der Waals surface area (Å²) in [5.41, 5.74) is 3.00. The molecule has 0 spiro atoms. The highest BCUT2D eigenvalue weighted by Gasteiger charge is 2.20. The summed E-state index contributed by atoms with van der Waals surface area (Å²) in [4.78, 5) is 12.5. The second-order valence-corrected chi connectivity index (χ2v) is 5.99. The summed E-state index contributed by atoms with van der Waals surface area (Å²) in [6.07, 6.45) is 5.73. The molecule has 1 aliphatic carbocycles. The van der Waals surface area contributed by atoms with Crippen LogP contribution in [0.15, 0.2) is 12.1 Å². The average molecular weight is 336 g/mol. The van der Waals surface area contributed by atoms with E-state index in [1.165, 1.54) is 5.56 Å². The molecular weight excluding hydrogens is 308 g/mol. The second kappa shape index (κ2) is 10.3. The van der Waals surface area contributed by atoms with Gasteiger partial charge in [-0.3, -0.25) is 0 Å². The molecule has 0 amide bonds. The van der Waals surface area contributed by atoms with Gasteiger partial charge in [0.25, 0.3) is 0 Å². The fraction of sp³-hybridized carbons (Fsp3) is 0.632. The minimum atomic E-state index is -0.258. The molecule has 0 bridgehead atoms. The van der Waals surface area contributed by atoms with Crippen molar-refractivity contribution in [2.24, 2.45) is 0 Å². The standard InChI is InChI=1S/C19H28O5/c1-21-9-5-11-23-16-13-15-7-3-4-8-17(15)18(14-16)19(20)24-12-6-10-22-2/h13-14H,3-12H2,1-2H3. The number of carbonyl (C=O) groups excluding carboxylic acids is 1. The van der Waals surface area contributed by atoms with Crippen LogP contribution in [0.5, 0.6) is 5.75 Å². The minimum Gasteiger partial charge on any atom is -0.493 e. The molecule has 1 aliphatic rings. The van der Waals surface area contributed by atoms with Crippen LogP contribution in [0.2, 0.25) is 0 Å². The number of hydrogen-bond donors (Lipinski definition) is 0. The normalized spacial score (nSPS) is 13.4. The number of benzene rings is 1. The number of carbonyl (C=O) groups is 1. The lowest BCUT2D eigenvalue weighted by Gasteiger charge is -2.20. The molecule has 5 nitrogen and oxygen atoms in total. The molecule has 0 unspecified atom stereocenters. The van der Waals surface area contributed by atoms with Gasteiger partial charge in [0.2, 0.25) is 0 Å². The fourth-order valence-electron chi connectivity index (χ4n) is 2.94. The Morgan fingerprint density at radius 1 is 0.958 bits per heavy atom. The second-order valence-electron chi connectivity index (χ2n) is 5.99. The number of aryl methyl sites for hydroxylation is 1. The van der Waals surface area contributed by atoms with E-state index in [4.69, 9.17) is 18.9 Å². The van der Waals surface area contributed by atoms with Crippen LogP contribution in [0, 0.1) is 0 Å². The van der Waals surface area contributed by atoms with Gasteiger partial charge in [0.05, 0.1) is 18.8 Å². The zero-order valence-corrected chi connectivity index (χ0v) is 14.8. The third-order valence-electron chi connectivity index (χ3n) is 4.15. The number of rotatable bonds is 10. The first-order chi connectivity index (χ1) is 11.8. The van der Waals surface area contributed by atoms with Crippen molar-refractivity contribution in [2.75, 3.05) is 40.6 Å². The number of fused-ring (bicyclic) bond motifs is 1. The number of hydrogen-bond acceptors (Lipinski definition) is 5. The van der Waals surface area contributed by atoms with Gasteiger partial charge in [0, 0.05) is 40.3 Å². The predicted octanol–water partition coefficient (Wildman–Crippen LogP) is 3.17. The molecule has 134 valence electrons. The highest BCUT2D eigenvalue weighted by molar-refractivity contribution is 5.92. The lowest BCUT2D eigenvalue weighted by atomic mass is 9.88. The van der Waals surface area contributed by atoms with Crippen molar-refractivity contribution < 1.29 is 23.7 Å². The van der Waals surface area contributed by atoms with Gasteiger partial charge in [-0.25, -0.2) is 4.79 Å². The molecule has 0 N–H and O–H groups in total. The van der Waals surface area contributed by atoms with Crippen LogP contribution in [-0.2, 0) is 27.1 Å². The molecule has 0 aromatic heterocycles. The zero-order chi connectivity index (χ0) is 17.2. The fourth-order valence-corrected chi connectivity index (χ4v) is 2.94. The molecular formula is C19H28O5. The molecule has 0 saturated carbocycles. The Labute approximate surface area is 144 Å². The molecule has 0 aliphatic heterocycles. The molecule has 1 aromatic rings. The average Bonchev–Trinajstić information content (AvgIpc) is 2.61. The van der Waals surface area contributed by atoms with Crippen LogP contribution in [0.4, 0.5) is 0 Å². The summed E-state index contributed by atoms with van der Waals surface area (Å²) in [7, 11) is 3.32. The zero-order valence-electron chi connectivity index (χ0n) is 14.8. The molecule has 0 heterocycles. The van der Waals surface area contributed by atoms with E-state index in [1.54, 1.807) is 14.2 Å². The summed E-state index contributed by atoms with van der Waals surface area (Å²) in [5.74, 6) is 0.488. The van der Waals surface area contributed by atoms with Crippen LogP contribution in [0.1, 0.15) is 47.2 Å². The molecule has 2 rings (SSSR count). The maximum absolute atomic E-state index is 12.5. The van der Waals surface area contributed by atoms with Crippen molar-refractivity contribution in [2.45, 2.75) is 38.5 Å². The third kappa shape index (κ3) is 5.49. The summed E-state index contributed by atoms with van der Waals surface area (Å²) in [6, 6.07) is 3.90. The van der Waals surface area contributed by atoms with Gasteiger partial charge in [0.1, 0.15) is 5.75 Å². The molecule has 0 fully saturated rings. The Kier molecular flexibility index (Phi) is 8.05. The van der Waals surface area contributed by atoms with Crippen molar-refractivity contribution in [3.05, 3.63) is 28.8 Å². The molecule has 0 atom stereocenters. The summed E-state index contributed by atoms with van der Waals surface area (Å²) < 4.78 is 21.2. The Morgan fingerprint density at radius 2 is 1.67 bits per heavy atom. The highest BCUT2D eigenvalue weighted by Crippen LogP contribution is 2.30. The topological polar surface area (TPSA) is 54.0 Å². The van der Waals surface area contributed by atoms with E-state index in [-0.39, 0.29) is 5.97 Å². The van der Waals surface area contributed by atoms with Crippen LogP contribution >= 0.6 is 0 Å². The SMILES string of the molecule is COCCCOC(=O)c1cc(OCCCOC)cc2c1CCCC2. The molecule has 24 heavy (non-hydrogen) atoms. The van der Waals surface area contributed by atoms with E-state index in [0.717, 1.165) is 43.4 Å². The number of methoxy groups -OCH3 is 2. The van der Waals surface area contributed by atoms with Crippen LogP contribution in [0.25, 0.3) is 0 Å². The molecule has 5 heteroatoms. The third-order valence-corrected chi connectivity index (χ3v) is 4.15. The van der Waals surface area contributed by atoms with Gasteiger partial charge >= 0.3 is 5.97 Å². The smallest absolute Gasteiger partial charge is 0.338 e. The first kappa shape index (κ1) is 18.7. The van der Waals surface area contributed by atoms with Crippen molar-refractivity contribution in [1.82, 2.24) is 0 Å². The van der Waals surface area contributed by atoms with E-state index < -0.39 is 0 Å². The molecule has 1 aromatic carbocycles.